The summed E-state index contributed by atoms with van der Waals surface area (Å²) in [4.78, 5) is 16.4. The van der Waals surface area contributed by atoms with Crippen molar-refractivity contribution >= 4 is 27.5 Å². The minimum absolute atomic E-state index is 0.00644. The molecule has 0 spiro atoms. The maximum absolute atomic E-state index is 12.3. The lowest BCUT2D eigenvalue weighted by Crippen LogP contribution is -2.30. The number of sulfonamides is 1. The van der Waals surface area contributed by atoms with Crippen molar-refractivity contribution in [2.45, 2.75) is 11.8 Å². The first-order valence-electron chi connectivity index (χ1n) is 7.31. The molecule has 25 heavy (non-hydrogen) atoms. The van der Waals surface area contributed by atoms with E-state index in [1.165, 1.54) is 18.3 Å². The molecule has 0 aliphatic heterocycles. The average molecular weight is 376 g/mol. The minimum atomic E-state index is -3.95. The molecule has 128 valence electrons. The van der Waals surface area contributed by atoms with Gasteiger partial charge in [-0.2, -0.15) is 0 Å². The van der Waals surface area contributed by atoms with Gasteiger partial charge in [-0.25, -0.2) is 18.1 Å². The lowest BCUT2D eigenvalue weighted by molar-refractivity contribution is 0.0977. The van der Waals surface area contributed by atoms with Gasteiger partial charge in [0.1, 0.15) is 11.5 Å². The standard InChI is InChI=1S/C17H14ClN3O3S/c1-12-19-16(11-21(12)14-9-7-13(18)8-10-14)17(22)20-25(23,24)15-5-3-2-4-6-15/h2-11H,1H3,(H,20,22). The van der Waals surface area contributed by atoms with Crippen molar-refractivity contribution in [3.8, 4) is 5.69 Å². The number of amides is 1. The Balaban J connectivity index is 1.86. The van der Waals surface area contributed by atoms with Crippen molar-refractivity contribution < 1.29 is 13.2 Å². The Morgan fingerprint density at radius 3 is 2.36 bits per heavy atom. The van der Waals surface area contributed by atoms with Crippen LogP contribution in [0.3, 0.4) is 0 Å². The number of rotatable bonds is 4. The zero-order chi connectivity index (χ0) is 18.0. The fraction of sp³-hybridized carbons (Fsp3) is 0.0588. The maximum atomic E-state index is 12.3. The van der Waals surface area contributed by atoms with Gasteiger partial charge in [0.25, 0.3) is 15.9 Å². The molecule has 0 fully saturated rings. The number of aryl methyl sites for hydroxylation is 1. The zero-order valence-electron chi connectivity index (χ0n) is 13.2. The van der Waals surface area contributed by atoms with Gasteiger partial charge in [-0.05, 0) is 43.3 Å². The summed E-state index contributed by atoms with van der Waals surface area (Å²) in [6, 6.07) is 14.7. The fourth-order valence-electron chi connectivity index (χ4n) is 2.28. The second-order valence-electron chi connectivity index (χ2n) is 5.27. The highest BCUT2D eigenvalue weighted by Crippen LogP contribution is 2.16. The zero-order valence-corrected chi connectivity index (χ0v) is 14.8. The topological polar surface area (TPSA) is 81.1 Å². The Hall–Kier alpha value is -2.64. The number of hydrogen-bond acceptors (Lipinski definition) is 4. The predicted octanol–water partition coefficient (Wildman–Crippen LogP) is 2.95. The summed E-state index contributed by atoms with van der Waals surface area (Å²) in [5, 5.41) is 0.591. The van der Waals surface area contributed by atoms with Gasteiger partial charge in [-0.1, -0.05) is 29.8 Å². The first-order chi connectivity index (χ1) is 11.9. The number of carbonyl (C=O) groups is 1. The van der Waals surface area contributed by atoms with Gasteiger partial charge in [-0.3, -0.25) is 4.79 Å². The summed E-state index contributed by atoms with van der Waals surface area (Å²) >= 11 is 5.87. The second-order valence-corrected chi connectivity index (χ2v) is 7.39. The molecule has 1 aromatic heterocycles. The van der Waals surface area contributed by atoms with Crippen LogP contribution in [-0.2, 0) is 10.0 Å². The molecule has 0 atom stereocenters. The molecular formula is C17H14ClN3O3S. The Morgan fingerprint density at radius 2 is 1.72 bits per heavy atom. The normalized spacial score (nSPS) is 11.3. The molecule has 0 radical (unpaired) electrons. The number of benzene rings is 2. The van der Waals surface area contributed by atoms with E-state index in [1.54, 1.807) is 54.0 Å². The average Bonchev–Trinajstić information content (AvgIpc) is 2.98. The van der Waals surface area contributed by atoms with Crippen molar-refractivity contribution in [3.05, 3.63) is 77.3 Å². The van der Waals surface area contributed by atoms with Gasteiger partial charge >= 0.3 is 0 Å². The lowest BCUT2D eigenvalue weighted by Gasteiger charge is -2.05. The van der Waals surface area contributed by atoms with Crippen molar-refractivity contribution in [1.82, 2.24) is 14.3 Å². The molecule has 0 bridgehead atoms. The van der Waals surface area contributed by atoms with Crippen LogP contribution in [0.4, 0.5) is 0 Å². The van der Waals surface area contributed by atoms with Crippen LogP contribution in [0.5, 0.6) is 0 Å². The summed E-state index contributed by atoms with van der Waals surface area (Å²) in [7, 11) is -3.95. The van der Waals surface area contributed by atoms with Crippen molar-refractivity contribution in [1.29, 1.82) is 0 Å². The summed E-state index contributed by atoms with van der Waals surface area (Å²) in [6.07, 6.45) is 1.48. The molecule has 3 rings (SSSR count). The van der Waals surface area contributed by atoms with Crippen LogP contribution in [0.1, 0.15) is 16.3 Å². The van der Waals surface area contributed by atoms with E-state index in [9.17, 15) is 13.2 Å². The van der Waals surface area contributed by atoms with Gasteiger partial charge in [0.15, 0.2) is 0 Å². The molecule has 1 amide bonds. The third-order valence-electron chi connectivity index (χ3n) is 3.50. The number of carbonyl (C=O) groups excluding carboxylic acids is 1. The van der Waals surface area contributed by atoms with E-state index >= 15 is 0 Å². The minimum Gasteiger partial charge on any atom is -0.303 e. The van der Waals surface area contributed by atoms with E-state index in [-0.39, 0.29) is 10.6 Å². The van der Waals surface area contributed by atoms with E-state index < -0.39 is 15.9 Å². The van der Waals surface area contributed by atoms with Crippen LogP contribution in [0.25, 0.3) is 5.69 Å². The van der Waals surface area contributed by atoms with Crippen LogP contribution in [-0.4, -0.2) is 23.9 Å². The molecule has 0 saturated heterocycles. The Morgan fingerprint density at radius 1 is 1.08 bits per heavy atom. The van der Waals surface area contributed by atoms with Gasteiger partial charge in [0, 0.05) is 16.9 Å². The number of hydrogen-bond donors (Lipinski definition) is 1. The van der Waals surface area contributed by atoms with Crippen molar-refractivity contribution in [2.75, 3.05) is 0 Å². The summed E-state index contributed by atoms with van der Waals surface area (Å²) in [5.41, 5.74) is 0.770. The number of nitrogens with one attached hydrogen (secondary N) is 1. The Bertz CT molecular complexity index is 1010. The molecule has 1 heterocycles. The fourth-order valence-corrected chi connectivity index (χ4v) is 3.39. The van der Waals surface area contributed by atoms with Gasteiger partial charge in [0.05, 0.1) is 4.90 Å². The lowest BCUT2D eigenvalue weighted by atomic mass is 10.3. The molecule has 0 unspecified atom stereocenters. The number of aromatic nitrogens is 2. The SMILES string of the molecule is Cc1nc(C(=O)NS(=O)(=O)c2ccccc2)cn1-c1ccc(Cl)cc1. The second kappa shape index (κ2) is 6.70. The molecule has 0 aliphatic carbocycles. The molecule has 0 saturated carbocycles. The summed E-state index contributed by atoms with van der Waals surface area (Å²) in [5.74, 6) is -0.246. The third-order valence-corrected chi connectivity index (χ3v) is 5.10. The van der Waals surface area contributed by atoms with Gasteiger partial charge < -0.3 is 4.57 Å². The van der Waals surface area contributed by atoms with Crippen LogP contribution in [0.2, 0.25) is 5.02 Å². The van der Waals surface area contributed by atoms with Crippen LogP contribution >= 0.6 is 11.6 Å². The van der Waals surface area contributed by atoms with Gasteiger partial charge in [0.2, 0.25) is 0 Å². The van der Waals surface area contributed by atoms with Crippen LogP contribution < -0.4 is 4.72 Å². The summed E-state index contributed by atoms with van der Waals surface area (Å²) < 4.78 is 28.2. The highest BCUT2D eigenvalue weighted by molar-refractivity contribution is 7.90. The van der Waals surface area contributed by atoms with Crippen LogP contribution in [0, 0.1) is 6.92 Å². The molecule has 6 nitrogen and oxygen atoms in total. The van der Waals surface area contributed by atoms with E-state index in [0.717, 1.165) is 5.69 Å². The Kier molecular flexibility index (Phi) is 4.61. The van der Waals surface area contributed by atoms with Crippen molar-refractivity contribution in [2.24, 2.45) is 0 Å². The maximum Gasteiger partial charge on any atom is 0.285 e. The van der Waals surface area contributed by atoms with E-state index in [4.69, 9.17) is 11.6 Å². The predicted molar refractivity (Wildman–Crippen MR) is 94.4 cm³/mol. The molecule has 8 heteroatoms. The number of halogens is 1. The first kappa shape index (κ1) is 17.2. The first-order valence-corrected chi connectivity index (χ1v) is 9.17. The monoisotopic (exact) mass is 375 g/mol. The van der Waals surface area contributed by atoms with E-state index in [2.05, 4.69) is 4.98 Å². The Labute approximate surface area is 150 Å². The third kappa shape index (κ3) is 3.72. The van der Waals surface area contributed by atoms with Gasteiger partial charge in [-0.15, -0.1) is 0 Å². The number of nitrogens with zero attached hydrogens (tertiary/aromatic N) is 2. The van der Waals surface area contributed by atoms with E-state index in [0.29, 0.717) is 10.8 Å². The highest BCUT2D eigenvalue weighted by Gasteiger charge is 2.21. The highest BCUT2D eigenvalue weighted by atomic mass is 35.5. The largest absolute Gasteiger partial charge is 0.303 e. The molecular weight excluding hydrogens is 362 g/mol. The van der Waals surface area contributed by atoms with E-state index in [1.807, 2.05) is 4.72 Å². The quantitative estimate of drug-likeness (QED) is 0.760. The molecule has 2 aromatic carbocycles. The molecule has 3 aromatic rings. The smallest absolute Gasteiger partial charge is 0.285 e. The summed E-state index contributed by atoms with van der Waals surface area (Å²) in [6.45, 7) is 1.72. The number of imidazole rings is 1. The molecule has 0 aliphatic rings. The van der Waals surface area contributed by atoms with Crippen LogP contribution in [0.15, 0.2) is 65.7 Å². The van der Waals surface area contributed by atoms with Crippen molar-refractivity contribution in [3.63, 3.8) is 0 Å². The molecule has 1 N–H and O–H groups in total.